The first-order valence-corrected chi connectivity index (χ1v) is 5.58. The minimum atomic E-state index is 0.717. The summed E-state index contributed by atoms with van der Waals surface area (Å²) < 4.78 is 17.6. The van der Waals surface area contributed by atoms with Crippen LogP contribution in [0.2, 0.25) is 0 Å². The summed E-state index contributed by atoms with van der Waals surface area (Å²) in [5, 5.41) is 0. The lowest BCUT2D eigenvalue weighted by molar-refractivity contribution is 0.374. The van der Waals surface area contributed by atoms with E-state index in [-0.39, 0.29) is 0 Å². The molecule has 1 rings (SSSR count). The molecule has 3 nitrogen and oxygen atoms in total. The molecule has 0 aliphatic rings. The Balaban J connectivity index is 3.32. The molecule has 0 atom stereocenters. The van der Waals surface area contributed by atoms with Crippen molar-refractivity contribution in [1.29, 1.82) is 0 Å². The van der Waals surface area contributed by atoms with Gasteiger partial charge >= 0.3 is 0 Å². The Labute approximate surface area is 103 Å². The number of hydrogen-bond acceptors (Lipinski definition) is 3. The van der Waals surface area contributed by atoms with Gasteiger partial charge in [-0.25, -0.2) is 0 Å². The van der Waals surface area contributed by atoms with Crippen molar-refractivity contribution in [2.24, 2.45) is 0 Å². The van der Waals surface area contributed by atoms with Gasteiger partial charge in [-0.1, -0.05) is 22.6 Å². The van der Waals surface area contributed by atoms with Crippen molar-refractivity contribution in [2.45, 2.75) is 0 Å². The zero-order chi connectivity index (χ0) is 11.3. The van der Waals surface area contributed by atoms with Crippen LogP contribution in [-0.4, -0.2) is 21.3 Å². The summed E-state index contributed by atoms with van der Waals surface area (Å²) in [5.41, 5.74) is 0.912. The Morgan fingerprint density at radius 3 is 1.87 bits per heavy atom. The van der Waals surface area contributed by atoms with E-state index in [0.29, 0.717) is 5.75 Å². The van der Waals surface area contributed by atoms with E-state index >= 15 is 0 Å². The minimum absolute atomic E-state index is 0.717. The van der Waals surface area contributed by atoms with Crippen LogP contribution in [0.4, 0.5) is 0 Å². The van der Waals surface area contributed by atoms with E-state index in [4.69, 9.17) is 14.2 Å². The number of methoxy groups -OCH3 is 3. The number of ether oxygens (including phenoxy) is 3. The van der Waals surface area contributed by atoms with E-state index in [2.05, 4.69) is 22.6 Å². The molecule has 1 aromatic carbocycles. The van der Waals surface area contributed by atoms with E-state index in [1.807, 2.05) is 22.3 Å². The molecule has 4 heteroatoms. The second kappa shape index (κ2) is 5.85. The number of halogens is 1. The van der Waals surface area contributed by atoms with Crippen LogP contribution in [0.25, 0.3) is 6.08 Å². The van der Waals surface area contributed by atoms with Crippen molar-refractivity contribution in [3.8, 4) is 17.2 Å². The molecule has 82 valence electrons. The summed E-state index contributed by atoms with van der Waals surface area (Å²) in [6, 6.07) is 3.66. The summed E-state index contributed by atoms with van der Waals surface area (Å²) in [7, 11) is 4.86. The van der Waals surface area contributed by atoms with E-state index in [1.165, 1.54) is 0 Å². The van der Waals surface area contributed by atoms with Crippen LogP contribution in [0.3, 0.4) is 0 Å². The van der Waals surface area contributed by atoms with Crippen LogP contribution in [0.1, 0.15) is 5.56 Å². The smallest absolute Gasteiger partial charge is 0.133 e. The van der Waals surface area contributed by atoms with Crippen LogP contribution in [0, 0.1) is 0 Å². The highest BCUT2D eigenvalue weighted by Crippen LogP contribution is 2.35. The maximum atomic E-state index is 5.27. The van der Waals surface area contributed by atoms with Gasteiger partial charge in [0.05, 0.1) is 26.9 Å². The average Bonchev–Trinajstić information content (AvgIpc) is 2.29. The molecule has 0 radical (unpaired) electrons. The zero-order valence-corrected chi connectivity index (χ0v) is 11.1. The van der Waals surface area contributed by atoms with Crippen LogP contribution < -0.4 is 14.2 Å². The molecule has 0 spiro atoms. The quantitative estimate of drug-likeness (QED) is 0.798. The number of benzene rings is 1. The van der Waals surface area contributed by atoms with Crippen molar-refractivity contribution in [3.05, 3.63) is 21.8 Å². The summed E-state index contributed by atoms with van der Waals surface area (Å²) in [6.45, 7) is 0. The highest BCUT2D eigenvalue weighted by Gasteiger charge is 2.09. The molecule has 15 heavy (non-hydrogen) atoms. The highest BCUT2D eigenvalue weighted by molar-refractivity contribution is 14.1. The first kappa shape index (κ1) is 12.2. The van der Waals surface area contributed by atoms with Gasteiger partial charge in [-0.15, -0.1) is 0 Å². The molecular weight excluding hydrogens is 307 g/mol. The SMILES string of the molecule is COc1cc(OC)c(/C=C/I)c(OC)c1. The average molecular weight is 320 g/mol. The Bertz CT molecular complexity index is 336. The third kappa shape index (κ3) is 2.77. The van der Waals surface area contributed by atoms with Gasteiger partial charge in [0.25, 0.3) is 0 Å². The fourth-order valence-corrected chi connectivity index (χ4v) is 1.62. The second-order valence-electron chi connectivity index (χ2n) is 2.74. The van der Waals surface area contributed by atoms with Crippen molar-refractivity contribution >= 4 is 28.7 Å². The molecule has 0 bridgehead atoms. The number of hydrogen-bond donors (Lipinski definition) is 0. The van der Waals surface area contributed by atoms with Crippen molar-refractivity contribution in [1.82, 2.24) is 0 Å². The Kier molecular flexibility index (Phi) is 4.74. The Morgan fingerprint density at radius 2 is 1.53 bits per heavy atom. The molecule has 0 fully saturated rings. The van der Waals surface area contributed by atoms with Crippen LogP contribution in [0.5, 0.6) is 17.2 Å². The van der Waals surface area contributed by atoms with Gasteiger partial charge in [0.2, 0.25) is 0 Å². The first-order valence-electron chi connectivity index (χ1n) is 4.33. The fraction of sp³-hybridized carbons (Fsp3) is 0.273. The largest absolute Gasteiger partial charge is 0.496 e. The molecule has 0 heterocycles. The Hall–Kier alpha value is -0.910. The summed E-state index contributed by atoms with van der Waals surface area (Å²) in [6.07, 6.45) is 1.93. The first-order chi connectivity index (χ1) is 7.26. The van der Waals surface area contributed by atoms with Crippen LogP contribution >= 0.6 is 22.6 Å². The van der Waals surface area contributed by atoms with E-state index in [0.717, 1.165) is 17.1 Å². The standard InChI is InChI=1S/C11H13IO3/c1-13-8-6-10(14-2)9(4-5-12)11(7-8)15-3/h4-7H,1-3H3/b5-4+. The normalized spacial score (nSPS) is 10.4. The summed E-state index contributed by atoms with van der Waals surface area (Å²) in [5.74, 6) is 2.19. The van der Waals surface area contributed by atoms with Crippen molar-refractivity contribution < 1.29 is 14.2 Å². The Morgan fingerprint density at radius 1 is 1.00 bits per heavy atom. The lowest BCUT2D eigenvalue weighted by atomic mass is 10.1. The zero-order valence-electron chi connectivity index (χ0n) is 8.91. The third-order valence-corrected chi connectivity index (χ3v) is 2.34. The third-order valence-electron chi connectivity index (χ3n) is 1.98. The molecule has 0 saturated carbocycles. The van der Waals surface area contributed by atoms with E-state index in [9.17, 15) is 0 Å². The fourth-order valence-electron chi connectivity index (χ4n) is 1.26. The highest BCUT2D eigenvalue weighted by atomic mass is 127. The van der Waals surface area contributed by atoms with Gasteiger partial charge in [-0.2, -0.15) is 0 Å². The van der Waals surface area contributed by atoms with Gasteiger partial charge in [-0.05, 0) is 10.2 Å². The van der Waals surface area contributed by atoms with E-state index in [1.54, 1.807) is 21.3 Å². The monoisotopic (exact) mass is 320 g/mol. The molecule has 0 aliphatic heterocycles. The van der Waals surface area contributed by atoms with Crippen molar-refractivity contribution in [2.75, 3.05) is 21.3 Å². The van der Waals surface area contributed by atoms with Crippen LogP contribution in [0.15, 0.2) is 16.2 Å². The lowest BCUT2D eigenvalue weighted by Crippen LogP contribution is -1.94. The van der Waals surface area contributed by atoms with Gasteiger partial charge in [0.15, 0.2) is 0 Å². The molecule has 0 aliphatic carbocycles. The molecule has 0 amide bonds. The van der Waals surface area contributed by atoms with Gasteiger partial charge in [0.1, 0.15) is 17.2 Å². The van der Waals surface area contributed by atoms with Gasteiger partial charge in [0, 0.05) is 12.1 Å². The van der Waals surface area contributed by atoms with Gasteiger partial charge < -0.3 is 14.2 Å². The lowest BCUT2D eigenvalue weighted by Gasteiger charge is -2.12. The summed E-state index contributed by atoms with van der Waals surface area (Å²) in [4.78, 5) is 0. The molecule has 0 saturated heterocycles. The molecule has 1 aromatic rings. The number of rotatable bonds is 4. The predicted octanol–water partition coefficient (Wildman–Crippen LogP) is 3.12. The van der Waals surface area contributed by atoms with E-state index < -0.39 is 0 Å². The predicted molar refractivity (Wildman–Crippen MR) is 69.2 cm³/mol. The maximum absolute atomic E-state index is 5.27. The summed E-state index contributed by atoms with van der Waals surface area (Å²) >= 11 is 2.15. The molecule has 0 N–H and O–H groups in total. The maximum Gasteiger partial charge on any atom is 0.133 e. The molecule has 0 aromatic heterocycles. The van der Waals surface area contributed by atoms with Crippen molar-refractivity contribution in [3.63, 3.8) is 0 Å². The minimum Gasteiger partial charge on any atom is -0.496 e. The molecular formula is C11H13IO3. The molecule has 0 unspecified atom stereocenters. The second-order valence-corrected chi connectivity index (χ2v) is 3.46. The van der Waals surface area contributed by atoms with Crippen LogP contribution in [-0.2, 0) is 0 Å². The topological polar surface area (TPSA) is 27.7 Å². The van der Waals surface area contributed by atoms with Gasteiger partial charge in [-0.3, -0.25) is 0 Å².